The molecule has 0 unspecified atom stereocenters. The van der Waals surface area contributed by atoms with Gasteiger partial charge in [0.2, 0.25) is 10.0 Å². The lowest BCUT2D eigenvalue weighted by Crippen LogP contribution is -2.40. The van der Waals surface area contributed by atoms with E-state index in [2.05, 4.69) is 76.3 Å². The molecule has 31 heavy (non-hydrogen) atoms. The fraction of sp³-hybridized carbons (Fsp3) is 0.261. The molecule has 0 atom stereocenters. The van der Waals surface area contributed by atoms with E-state index < -0.39 is 10.0 Å². The third-order valence-electron chi connectivity index (χ3n) is 5.35. The standard InChI is InChI=1S/C23H24IN3O3S/c1-17-15-19(18(2)27(17)22-7-3-20(24)4-8-22)16-25-21-5-9-23(10-6-21)31(28,29)26-11-13-30-14-12-26/h3-10,15-16H,11-14H2,1-2H3. The number of hydrogen-bond acceptors (Lipinski definition) is 4. The van der Waals surface area contributed by atoms with Gasteiger partial charge in [0.05, 0.1) is 23.8 Å². The molecule has 2 heterocycles. The molecule has 6 nitrogen and oxygen atoms in total. The fourth-order valence-electron chi connectivity index (χ4n) is 3.69. The summed E-state index contributed by atoms with van der Waals surface area (Å²) < 4.78 is 35.6. The SMILES string of the molecule is Cc1cc(C=Nc2ccc(S(=O)(=O)N3CCOCC3)cc2)c(C)n1-c1ccc(I)cc1. The van der Waals surface area contributed by atoms with Crippen LogP contribution in [0.4, 0.5) is 5.69 Å². The van der Waals surface area contributed by atoms with Crippen LogP contribution >= 0.6 is 22.6 Å². The first-order chi connectivity index (χ1) is 14.9. The van der Waals surface area contributed by atoms with Crippen LogP contribution in [0.2, 0.25) is 0 Å². The molecule has 1 saturated heterocycles. The van der Waals surface area contributed by atoms with E-state index in [1.807, 2.05) is 6.21 Å². The Morgan fingerprint density at radius 1 is 1.00 bits per heavy atom. The molecule has 0 amide bonds. The van der Waals surface area contributed by atoms with Crippen molar-refractivity contribution in [3.05, 3.63) is 75.1 Å². The zero-order valence-corrected chi connectivity index (χ0v) is 20.4. The van der Waals surface area contributed by atoms with Gasteiger partial charge in [-0.3, -0.25) is 4.99 Å². The Morgan fingerprint density at radius 2 is 1.65 bits per heavy atom. The van der Waals surface area contributed by atoms with Crippen molar-refractivity contribution in [1.29, 1.82) is 0 Å². The highest BCUT2D eigenvalue weighted by atomic mass is 127. The zero-order valence-electron chi connectivity index (χ0n) is 17.5. The molecule has 1 aliphatic rings. The molecule has 0 saturated carbocycles. The van der Waals surface area contributed by atoms with Gasteiger partial charge in [-0.05, 0) is 91.0 Å². The zero-order chi connectivity index (χ0) is 22.0. The number of nitrogens with zero attached hydrogens (tertiary/aromatic N) is 3. The lowest BCUT2D eigenvalue weighted by molar-refractivity contribution is 0.0730. The minimum absolute atomic E-state index is 0.283. The van der Waals surface area contributed by atoms with E-state index in [4.69, 9.17) is 4.74 Å². The molecule has 0 radical (unpaired) electrons. The van der Waals surface area contributed by atoms with E-state index in [1.54, 1.807) is 24.3 Å². The largest absolute Gasteiger partial charge is 0.379 e. The van der Waals surface area contributed by atoms with E-state index in [-0.39, 0.29) is 4.90 Å². The van der Waals surface area contributed by atoms with Crippen molar-refractivity contribution in [3.8, 4) is 5.69 Å². The van der Waals surface area contributed by atoms with E-state index in [1.165, 1.54) is 7.88 Å². The van der Waals surface area contributed by atoms with Gasteiger partial charge in [0.15, 0.2) is 0 Å². The minimum atomic E-state index is -3.49. The number of aryl methyl sites for hydroxylation is 1. The van der Waals surface area contributed by atoms with Crippen molar-refractivity contribution in [1.82, 2.24) is 8.87 Å². The first kappa shape index (κ1) is 22.2. The van der Waals surface area contributed by atoms with Gasteiger partial charge in [-0.2, -0.15) is 4.31 Å². The van der Waals surface area contributed by atoms with E-state index in [0.717, 1.165) is 22.6 Å². The number of ether oxygens (including phenoxy) is 1. The average Bonchev–Trinajstić information content (AvgIpc) is 3.07. The van der Waals surface area contributed by atoms with Crippen LogP contribution in [0.15, 0.2) is 64.5 Å². The van der Waals surface area contributed by atoms with Crippen LogP contribution in [-0.4, -0.2) is 49.8 Å². The second kappa shape index (κ2) is 9.23. The summed E-state index contributed by atoms with van der Waals surface area (Å²) >= 11 is 2.30. The fourth-order valence-corrected chi connectivity index (χ4v) is 5.46. The Kier molecular flexibility index (Phi) is 6.61. The maximum Gasteiger partial charge on any atom is 0.243 e. The molecule has 0 bridgehead atoms. The van der Waals surface area contributed by atoms with Crippen molar-refractivity contribution in [2.24, 2.45) is 4.99 Å². The van der Waals surface area contributed by atoms with E-state index in [0.29, 0.717) is 32.0 Å². The Bertz CT molecular complexity index is 1190. The van der Waals surface area contributed by atoms with Gasteiger partial charge in [-0.25, -0.2) is 8.42 Å². The summed E-state index contributed by atoms with van der Waals surface area (Å²) in [7, 11) is -3.49. The van der Waals surface area contributed by atoms with Crippen molar-refractivity contribution < 1.29 is 13.2 Å². The molecular formula is C23H24IN3O3S. The third kappa shape index (κ3) is 4.77. The van der Waals surface area contributed by atoms with Gasteiger partial charge in [0, 0.05) is 45.5 Å². The normalized spacial score (nSPS) is 15.6. The summed E-state index contributed by atoms with van der Waals surface area (Å²) in [6.07, 6.45) is 1.83. The highest BCUT2D eigenvalue weighted by Crippen LogP contribution is 2.23. The van der Waals surface area contributed by atoms with Gasteiger partial charge >= 0.3 is 0 Å². The topological polar surface area (TPSA) is 63.9 Å². The van der Waals surface area contributed by atoms with Crippen LogP contribution in [0, 0.1) is 17.4 Å². The molecule has 1 aromatic heterocycles. The van der Waals surface area contributed by atoms with E-state index >= 15 is 0 Å². The molecule has 0 spiro atoms. The van der Waals surface area contributed by atoms with Gasteiger partial charge < -0.3 is 9.30 Å². The van der Waals surface area contributed by atoms with Crippen LogP contribution < -0.4 is 0 Å². The molecule has 1 fully saturated rings. The summed E-state index contributed by atoms with van der Waals surface area (Å²) in [6, 6.07) is 17.2. The predicted molar refractivity (Wildman–Crippen MR) is 131 cm³/mol. The van der Waals surface area contributed by atoms with Crippen LogP contribution in [0.1, 0.15) is 17.0 Å². The Hall–Kier alpha value is -2.01. The molecule has 3 aromatic rings. The Balaban J connectivity index is 1.54. The van der Waals surface area contributed by atoms with Crippen LogP contribution in [0.25, 0.3) is 5.69 Å². The summed E-state index contributed by atoms with van der Waals surface area (Å²) in [4.78, 5) is 4.85. The molecular weight excluding hydrogens is 525 g/mol. The van der Waals surface area contributed by atoms with Crippen molar-refractivity contribution in [2.75, 3.05) is 26.3 Å². The maximum absolute atomic E-state index is 12.7. The average molecular weight is 549 g/mol. The van der Waals surface area contributed by atoms with Gasteiger partial charge in [0.25, 0.3) is 0 Å². The van der Waals surface area contributed by atoms with Gasteiger partial charge in [-0.1, -0.05) is 0 Å². The maximum atomic E-state index is 12.7. The van der Waals surface area contributed by atoms with Crippen LogP contribution in [0.3, 0.4) is 0 Å². The molecule has 0 N–H and O–H groups in total. The lowest BCUT2D eigenvalue weighted by Gasteiger charge is -2.26. The quantitative estimate of drug-likeness (QED) is 0.349. The number of hydrogen-bond donors (Lipinski definition) is 0. The summed E-state index contributed by atoms with van der Waals surface area (Å²) in [5, 5.41) is 0. The second-order valence-electron chi connectivity index (χ2n) is 7.41. The molecule has 0 aliphatic carbocycles. The molecule has 162 valence electrons. The van der Waals surface area contributed by atoms with E-state index in [9.17, 15) is 8.42 Å². The Morgan fingerprint density at radius 3 is 2.29 bits per heavy atom. The first-order valence-electron chi connectivity index (χ1n) is 10.0. The monoisotopic (exact) mass is 549 g/mol. The highest BCUT2D eigenvalue weighted by molar-refractivity contribution is 14.1. The minimum Gasteiger partial charge on any atom is -0.379 e. The van der Waals surface area contributed by atoms with Crippen molar-refractivity contribution in [2.45, 2.75) is 18.7 Å². The highest BCUT2D eigenvalue weighted by Gasteiger charge is 2.26. The summed E-state index contributed by atoms with van der Waals surface area (Å²) in [5.74, 6) is 0. The second-order valence-corrected chi connectivity index (χ2v) is 10.6. The van der Waals surface area contributed by atoms with Gasteiger partial charge in [-0.15, -0.1) is 0 Å². The Labute approximate surface area is 196 Å². The molecule has 8 heteroatoms. The third-order valence-corrected chi connectivity index (χ3v) is 7.98. The van der Waals surface area contributed by atoms with Crippen molar-refractivity contribution >= 4 is 44.5 Å². The smallest absolute Gasteiger partial charge is 0.243 e. The molecule has 4 rings (SSSR count). The first-order valence-corrected chi connectivity index (χ1v) is 12.5. The number of sulfonamides is 1. The van der Waals surface area contributed by atoms with Crippen LogP contribution in [-0.2, 0) is 14.8 Å². The molecule has 2 aromatic carbocycles. The van der Waals surface area contributed by atoms with Crippen molar-refractivity contribution in [3.63, 3.8) is 0 Å². The molecule has 1 aliphatic heterocycles. The number of aromatic nitrogens is 1. The number of aliphatic imine (C=N–C) groups is 1. The predicted octanol–water partition coefficient (Wildman–Crippen LogP) is 4.47. The number of rotatable bonds is 5. The number of halogens is 1. The lowest BCUT2D eigenvalue weighted by atomic mass is 10.2. The number of morpholine rings is 1. The van der Waals surface area contributed by atoms with Crippen LogP contribution in [0.5, 0.6) is 0 Å². The van der Waals surface area contributed by atoms with Gasteiger partial charge in [0.1, 0.15) is 0 Å². The summed E-state index contributed by atoms with van der Waals surface area (Å²) in [6.45, 7) is 5.79. The number of benzene rings is 2. The summed E-state index contributed by atoms with van der Waals surface area (Å²) in [5.41, 5.74) is 5.09.